The van der Waals surface area contributed by atoms with Gasteiger partial charge in [-0.15, -0.1) is 0 Å². The van der Waals surface area contributed by atoms with Crippen LogP contribution in [0.4, 0.5) is 0 Å². The molecule has 0 radical (unpaired) electrons. The topological polar surface area (TPSA) is 39.2 Å². The van der Waals surface area contributed by atoms with Gasteiger partial charge >= 0.3 is 5.97 Å². The van der Waals surface area contributed by atoms with Crippen LogP contribution in [0.3, 0.4) is 0 Å². The van der Waals surface area contributed by atoms with Gasteiger partial charge in [0.15, 0.2) is 0 Å². The van der Waals surface area contributed by atoms with E-state index in [9.17, 15) is 4.79 Å². The average molecular weight is 270 g/mol. The molecule has 1 aliphatic rings. The summed E-state index contributed by atoms with van der Waals surface area (Å²) in [5.41, 5.74) is 0.361. The Bertz CT molecular complexity index is 363. The quantitative estimate of drug-likeness (QED) is 0.623. The summed E-state index contributed by atoms with van der Waals surface area (Å²) in [6, 6.07) is 5.21. The van der Waals surface area contributed by atoms with Gasteiger partial charge in [-0.3, -0.25) is 0 Å². The number of rotatable bonds is 4. The Morgan fingerprint density at radius 1 is 1.53 bits per heavy atom. The predicted octanol–water partition coefficient (Wildman–Crippen LogP) is 2.80. The molecule has 1 aliphatic carbocycles. The molecule has 0 spiro atoms. The number of hydrogen-bond acceptors (Lipinski definition) is 3. The van der Waals surface area contributed by atoms with Crippen molar-refractivity contribution in [2.24, 2.45) is 5.92 Å². The summed E-state index contributed by atoms with van der Waals surface area (Å²) in [6.45, 7) is 0.512. The zero-order chi connectivity index (χ0) is 10.7. The Morgan fingerprint density at radius 2 is 2.33 bits per heavy atom. The van der Waals surface area contributed by atoms with E-state index in [4.69, 9.17) is 4.74 Å². The lowest BCUT2D eigenvalue weighted by molar-refractivity contribution is 0.0488. The van der Waals surface area contributed by atoms with Gasteiger partial charge in [0.2, 0.25) is 0 Å². The molecule has 1 aromatic rings. The van der Waals surface area contributed by atoms with Crippen LogP contribution >= 0.6 is 15.9 Å². The van der Waals surface area contributed by atoms with Crippen molar-refractivity contribution in [3.8, 4) is 0 Å². The minimum Gasteiger partial charge on any atom is -0.461 e. The van der Waals surface area contributed by atoms with Crippen molar-refractivity contribution < 1.29 is 9.53 Å². The molecule has 0 bridgehead atoms. The fourth-order valence-electron chi connectivity index (χ4n) is 1.32. The Morgan fingerprint density at radius 3 is 3.00 bits per heavy atom. The smallest absolute Gasteiger partial charge is 0.356 e. The zero-order valence-corrected chi connectivity index (χ0v) is 9.87. The van der Waals surface area contributed by atoms with Gasteiger partial charge < -0.3 is 4.74 Å². The summed E-state index contributed by atoms with van der Waals surface area (Å²) in [6.07, 6.45) is 3.55. The number of nitrogens with zero attached hydrogens (tertiary/aromatic N) is 1. The number of hydrogen-bond donors (Lipinski definition) is 0. The van der Waals surface area contributed by atoms with Gasteiger partial charge in [0.1, 0.15) is 10.3 Å². The predicted molar refractivity (Wildman–Crippen MR) is 59.6 cm³/mol. The van der Waals surface area contributed by atoms with Crippen molar-refractivity contribution in [2.45, 2.75) is 19.3 Å². The van der Waals surface area contributed by atoms with Crippen LogP contribution in [0.2, 0.25) is 0 Å². The molecule has 1 fully saturated rings. The molecule has 1 heterocycles. The highest BCUT2D eigenvalue weighted by Crippen LogP contribution is 2.32. The van der Waals surface area contributed by atoms with Crippen LogP contribution in [0.5, 0.6) is 0 Å². The molecule has 0 atom stereocenters. The fraction of sp³-hybridized carbons (Fsp3) is 0.455. The van der Waals surface area contributed by atoms with Gasteiger partial charge in [-0.1, -0.05) is 18.9 Å². The minimum absolute atomic E-state index is 0.336. The standard InChI is InChI=1S/C11H12BrNO2/c12-10-3-1-2-9(13-10)11(14)15-7-6-8-4-5-8/h1-3,8H,4-7H2. The van der Waals surface area contributed by atoms with Crippen molar-refractivity contribution in [2.75, 3.05) is 6.61 Å². The zero-order valence-electron chi connectivity index (χ0n) is 8.28. The summed E-state index contributed by atoms with van der Waals surface area (Å²) < 4.78 is 5.76. The summed E-state index contributed by atoms with van der Waals surface area (Å²) in [4.78, 5) is 15.5. The molecule has 0 N–H and O–H groups in total. The first-order chi connectivity index (χ1) is 7.25. The lowest BCUT2D eigenvalue weighted by Gasteiger charge is -2.03. The van der Waals surface area contributed by atoms with Gasteiger partial charge in [-0.2, -0.15) is 0 Å². The highest BCUT2D eigenvalue weighted by Gasteiger charge is 2.21. The maximum atomic E-state index is 11.5. The van der Waals surface area contributed by atoms with Crippen LogP contribution in [0.15, 0.2) is 22.8 Å². The molecule has 0 saturated heterocycles. The second-order valence-electron chi connectivity index (χ2n) is 3.71. The molecule has 3 nitrogen and oxygen atoms in total. The van der Waals surface area contributed by atoms with E-state index in [2.05, 4.69) is 20.9 Å². The van der Waals surface area contributed by atoms with E-state index in [1.54, 1.807) is 18.2 Å². The van der Waals surface area contributed by atoms with Gasteiger partial charge in [0.05, 0.1) is 6.61 Å². The van der Waals surface area contributed by atoms with E-state index in [0.717, 1.165) is 12.3 Å². The van der Waals surface area contributed by atoms with Gasteiger partial charge in [0.25, 0.3) is 0 Å². The second kappa shape index (κ2) is 4.75. The third kappa shape index (κ3) is 3.30. The SMILES string of the molecule is O=C(OCCC1CC1)c1cccc(Br)n1. The van der Waals surface area contributed by atoms with Crippen LogP contribution in [0.25, 0.3) is 0 Å². The summed E-state index contributed by atoms with van der Waals surface area (Å²) in [5.74, 6) is 0.449. The number of ether oxygens (including phenoxy) is 1. The van der Waals surface area contributed by atoms with Crippen molar-refractivity contribution >= 4 is 21.9 Å². The second-order valence-corrected chi connectivity index (χ2v) is 4.53. The molecular weight excluding hydrogens is 258 g/mol. The van der Waals surface area contributed by atoms with E-state index < -0.39 is 0 Å². The van der Waals surface area contributed by atoms with Crippen molar-refractivity contribution in [1.82, 2.24) is 4.98 Å². The number of esters is 1. The molecular formula is C11H12BrNO2. The highest BCUT2D eigenvalue weighted by molar-refractivity contribution is 9.10. The van der Waals surface area contributed by atoms with Crippen LogP contribution in [0, 0.1) is 5.92 Å². The van der Waals surface area contributed by atoms with Crippen LogP contribution < -0.4 is 0 Å². The summed E-state index contributed by atoms with van der Waals surface area (Å²) in [7, 11) is 0. The Labute approximate surface area is 97.0 Å². The molecule has 80 valence electrons. The van der Waals surface area contributed by atoms with Gasteiger partial charge in [-0.25, -0.2) is 9.78 Å². The first-order valence-electron chi connectivity index (χ1n) is 5.05. The monoisotopic (exact) mass is 269 g/mol. The van der Waals surface area contributed by atoms with E-state index in [1.807, 2.05) is 0 Å². The van der Waals surface area contributed by atoms with E-state index in [1.165, 1.54) is 12.8 Å². The van der Waals surface area contributed by atoms with Gasteiger partial charge in [-0.05, 0) is 40.4 Å². The lowest BCUT2D eigenvalue weighted by Crippen LogP contribution is -2.08. The molecule has 2 rings (SSSR count). The maximum Gasteiger partial charge on any atom is 0.356 e. The number of halogens is 1. The van der Waals surface area contributed by atoms with Crippen molar-refractivity contribution in [1.29, 1.82) is 0 Å². The van der Waals surface area contributed by atoms with E-state index in [0.29, 0.717) is 16.9 Å². The molecule has 4 heteroatoms. The maximum absolute atomic E-state index is 11.5. The van der Waals surface area contributed by atoms with Gasteiger partial charge in [0, 0.05) is 0 Å². The van der Waals surface area contributed by atoms with Crippen LogP contribution in [0.1, 0.15) is 29.8 Å². The minimum atomic E-state index is -0.336. The normalized spacial score (nSPS) is 15.0. The Balaban J connectivity index is 1.83. The molecule has 1 aromatic heterocycles. The number of pyridine rings is 1. The third-order valence-electron chi connectivity index (χ3n) is 2.38. The van der Waals surface area contributed by atoms with E-state index >= 15 is 0 Å². The number of carbonyl (C=O) groups excluding carboxylic acids is 1. The molecule has 0 unspecified atom stereocenters. The molecule has 0 amide bonds. The van der Waals surface area contributed by atoms with Crippen molar-refractivity contribution in [3.05, 3.63) is 28.5 Å². The molecule has 0 aliphatic heterocycles. The Kier molecular flexibility index (Phi) is 3.36. The fourth-order valence-corrected chi connectivity index (χ4v) is 1.66. The molecule has 0 aromatic carbocycles. The largest absolute Gasteiger partial charge is 0.461 e. The molecule has 1 saturated carbocycles. The summed E-state index contributed by atoms with van der Waals surface area (Å²) in [5, 5.41) is 0. The number of aromatic nitrogens is 1. The average Bonchev–Trinajstić information content (AvgIpc) is 3.01. The van der Waals surface area contributed by atoms with Crippen LogP contribution in [-0.2, 0) is 4.74 Å². The first kappa shape index (κ1) is 10.6. The third-order valence-corrected chi connectivity index (χ3v) is 2.82. The number of carbonyl (C=O) groups is 1. The lowest BCUT2D eigenvalue weighted by atomic mass is 10.3. The highest BCUT2D eigenvalue weighted by atomic mass is 79.9. The van der Waals surface area contributed by atoms with E-state index in [-0.39, 0.29) is 5.97 Å². The Hall–Kier alpha value is -0.900. The van der Waals surface area contributed by atoms with Crippen molar-refractivity contribution in [3.63, 3.8) is 0 Å². The first-order valence-corrected chi connectivity index (χ1v) is 5.84. The summed E-state index contributed by atoms with van der Waals surface area (Å²) >= 11 is 3.21. The van der Waals surface area contributed by atoms with Crippen LogP contribution in [-0.4, -0.2) is 17.6 Å². The molecule has 15 heavy (non-hydrogen) atoms.